The summed E-state index contributed by atoms with van der Waals surface area (Å²) in [4.78, 5) is 37.5. The highest BCUT2D eigenvalue weighted by molar-refractivity contribution is 5.99. The molecular formula is C20H20N2O4. The van der Waals surface area contributed by atoms with Gasteiger partial charge in [0.2, 0.25) is 11.8 Å². The number of carbonyl (C=O) groups is 3. The highest BCUT2D eigenvalue weighted by Crippen LogP contribution is 2.31. The van der Waals surface area contributed by atoms with E-state index in [1.807, 2.05) is 24.3 Å². The van der Waals surface area contributed by atoms with Gasteiger partial charge >= 0.3 is 0 Å². The molecular weight excluding hydrogens is 332 g/mol. The Morgan fingerprint density at radius 2 is 1.77 bits per heavy atom. The summed E-state index contributed by atoms with van der Waals surface area (Å²) >= 11 is 0. The SMILES string of the molecule is CC(=O)c1ccc(NC(=O)CCC(=O)N2CCOc3ccccc32)cc1. The van der Waals surface area contributed by atoms with Crippen LogP contribution < -0.4 is 15.0 Å². The van der Waals surface area contributed by atoms with Crippen LogP contribution in [0.25, 0.3) is 0 Å². The number of hydrogen-bond acceptors (Lipinski definition) is 4. The number of ether oxygens (including phenoxy) is 1. The van der Waals surface area contributed by atoms with Crippen LogP contribution in [0.15, 0.2) is 48.5 Å². The van der Waals surface area contributed by atoms with Crippen LogP contribution in [-0.2, 0) is 9.59 Å². The lowest BCUT2D eigenvalue weighted by molar-refractivity contribution is -0.122. The normalized spacial score (nSPS) is 12.7. The average Bonchev–Trinajstić information content (AvgIpc) is 2.66. The van der Waals surface area contributed by atoms with Crippen LogP contribution in [0.3, 0.4) is 0 Å². The topological polar surface area (TPSA) is 75.7 Å². The summed E-state index contributed by atoms with van der Waals surface area (Å²) in [6, 6.07) is 14.0. The minimum absolute atomic E-state index is 0.0285. The predicted octanol–water partition coefficient (Wildman–Crippen LogP) is 3.03. The maximum Gasteiger partial charge on any atom is 0.227 e. The highest BCUT2D eigenvalue weighted by atomic mass is 16.5. The zero-order chi connectivity index (χ0) is 18.5. The number of nitrogens with zero attached hydrogens (tertiary/aromatic N) is 1. The average molecular weight is 352 g/mol. The monoisotopic (exact) mass is 352 g/mol. The van der Waals surface area contributed by atoms with Crippen molar-refractivity contribution in [3.63, 3.8) is 0 Å². The number of ketones is 1. The molecule has 0 aromatic heterocycles. The van der Waals surface area contributed by atoms with E-state index in [1.54, 1.807) is 29.2 Å². The van der Waals surface area contributed by atoms with E-state index in [-0.39, 0.29) is 30.4 Å². The van der Waals surface area contributed by atoms with E-state index in [9.17, 15) is 14.4 Å². The summed E-state index contributed by atoms with van der Waals surface area (Å²) in [6.07, 6.45) is 0.207. The fourth-order valence-corrected chi connectivity index (χ4v) is 2.80. The largest absolute Gasteiger partial charge is 0.490 e. The molecule has 0 saturated heterocycles. The Hall–Kier alpha value is -3.15. The molecule has 2 aromatic carbocycles. The van der Waals surface area contributed by atoms with Gasteiger partial charge in [-0.2, -0.15) is 0 Å². The molecule has 2 amide bonds. The predicted molar refractivity (Wildman–Crippen MR) is 98.6 cm³/mol. The molecule has 6 heteroatoms. The number of rotatable bonds is 5. The Balaban J connectivity index is 1.55. The first-order valence-corrected chi connectivity index (χ1v) is 8.47. The second-order valence-electron chi connectivity index (χ2n) is 6.04. The minimum atomic E-state index is -0.240. The van der Waals surface area contributed by atoms with Gasteiger partial charge in [0.15, 0.2) is 5.78 Å². The van der Waals surface area contributed by atoms with Crippen LogP contribution in [-0.4, -0.2) is 30.7 Å². The second-order valence-corrected chi connectivity index (χ2v) is 6.04. The molecule has 1 aliphatic rings. The lowest BCUT2D eigenvalue weighted by Crippen LogP contribution is -2.38. The van der Waals surface area contributed by atoms with Gasteiger partial charge in [-0.3, -0.25) is 14.4 Å². The molecule has 0 atom stereocenters. The molecule has 2 aromatic rings. The van der Waals surface area contributed by atoms with Gasteiger partial charge in [-0.25, -0.2) is 0 Å². The molecule has 0 spiro atoms. The fraction of sp³-hybridized carbons (Fsp3) is 0.250. The number of para-hydroxylation sites is 2. The number of benzene rings is 2. The summed E-state index contributed by atoms with van der Waals surface area (Å²) in [6.45, 7) is 2.41. The fourth-order valence-electron chi connectivity index (χ4n) is 2.80. The van der Waals surface area contributed by atoms with Crippen molar-refractivity contribution in [2.75, 3.05) is 23.4 Å². The third-order valence-electron chi connectivity index (χ3n) is 4.17. The van der Waals surface area contributed by atoms with Gasteiger partial charge in [-0.05, 0) is 43.3 Å². The molecule has 0 unspecified atom stereocenters. The van der Waals surface area contributed by atoms with E-state index >= 15 is 0 Å². The number of fused-ring (bicyclic) bond motifs is 1. The van der Waals surface area contributed by atoms with E-state index in [1.165, 1.54) is 6.92 Å². The Bertz CT molecular complexity index is 830. The quantitative estimate of drug-likeness (QED) is 0.839. The van der Waals surface area contributed by atoms with Crippen molar-refractivity contribution in [2.45, 2.75) is 19.8 Å². The summed E-state index contributed by atoms with van der Waals surface area (Å²) in [7, 11) is 0. The molecule has 134 valence electrons. The first-order valence-electron chi connectivity index (χ1n) is 8.47. The third kappa shape index (κ3) is 4.08. The maximum atomic E-state index is 12.5. The number of Topliss-reactive ketones (excluding diaryl/α,β-unsaturated/α-hetero) is 1. The molecule has 1 N–H and O–H groups in total. The van der Waals surface area contributed by atoms with Gasteiger partial charge in [-0.15, -0.1) is 0 Å². The van der Waals surface area contributed by atoms with E-state index in [0.717, 1.165) is 5.69 Å². The molecule has 0 fully saturated rings. The number of carbonyl (C=O) groups excluding carboxylic acids is 3. The highest BCUT2D eigenvalue weighted by Gasteiger charge is 2.23. The van der Waals surface area contributed by atoms with Crippen LogP contribution in [0.2, 0.25) is 0 Å². The van der Waals surface area contributed by atoms with Crippen molar-refractivity contribution in [3.8, 4) is 5.75 Å². The molecule has 0 bridgehead atoms. The van der Waals surface area contributed by atoms with E-state index < -0.39 is 0 Å². The van der Waals surface area contributed by atoms with E-state index in [4.69, 9.17) is 4.74 Å². The van der Waals surface area contributed by atoms with E-state index in [0.29, 0.717) is 30.2 Å². The Morgan fingerprint density at radius 3 is 2.50 bits per heavy atom. The molecule has 1 heterocycles. The van der Waals surface area contributed by atoms with Gasteiger partial charge in [0.1, 0.15) is 12.4 Å². The smallest absolute Gasteiger partial charge is 0.227 e. The number of nitrogens with one attached hydrogen (secondary N) is 1. The molecule has 0 saturated carbocycles. The van der Waals surface area contributed by atoms with Crippen LogP contribution in [0.4, 0.5) is 11.4 Å². The summed E-state index contributed by atoms with van der Waals surface area (Å²) in [5.41, 5.74) is 1.93. The van der Waals surface area contributed by atoms with Gasteiger partial charge in [0, 0.05) is 24.1 Å². The number of amides is 2. The first kappa shape index (κ1) is 17.7. The van der Waals surface area contributed by atoms with Crippen LogP contribution in [0.5, 0.6) is 5.75 Å². The van der Waals surface area contributed by atoms with Gasteiger partial charge in [0.05, 0.1) is 12.2 Å². The second kappa shape index (κ2) is 7.82. The summed E-state index contributed by atoms with van der Waals surface area (Å²) in [5.74, 6) is 0.305. The number of hydrogen-bond donors (Lipinski definition) is 1. The van der Waals surface area contributed by atoms with Crippen molar-refractivity contribution in [2.24, 2.45) is 0 Å². The van der Waals surface area contributed by atoms with Gasteiger partial charge in [-0.1, -0.05) is 12.1 Å². The summed E-state index contributed by atoms with van der Waals surface area (Å²) < 4.78 is 5.54. The van der Waals surface area contributed by atoms with Gasteiger partial charge < -0.3 is 15.0 Å². The van der Waals surface area contributed by atoms with Crippen molar-refractivity contribution in [1.82, 2.24) is 0 Å². The Kier molecular flexibility index (Phi) is 5.31. The lowest BCUT2D eigenvalue weighted by atomic mass is 10.1. The third-order valence-corrected chi connectivity index (χ3v) is 4.17. The van der Waals surface area contributed by atoms with Crippen molar-refractivity contribution >= 4 is 29.0 Å². The zero-order valence-electron chi connectivity index (χ0n) is 14.5. The first-order chi connectivity index (χ1) is 12.5. The minimum Gasteiger partial charge on any atom is -0.490 e. The van der Waals surface area contributed by atoms with E-state index in [2.05, 4.69) is 5.32 Å². The van der Waals surface area contributed by atoms with Gasteiger partial charge in [0.25, 0.3) is 0 Å². The van der Waals surface area contributed by atoms with Crippen molar-refractivity contribution in [3.05, 3.63) is 54.1 Å². The molecule has 0 aliphatic carbocycles. The molecule has 6 nitrogen and oxygen atoms in total. The van der Waals surface area contributed by atoms with Crippen LogP contribution >= 0.6 is 0 Å². The lowest BCUT2D eigenvalue weighted by Gasteiger charge is -2.29. The molecule has 26 heavy (non-hydrogen) atoms. The standard InChI is InChI=1S/C20H20N2O4/c1-14(23)15-6-8-16(9-7-15)21-19(24)10-11-20(25)22-12-13-26-18-5-3-2-4-17(18)22/h2-9H,10-13H2,1H3,(H,21,24). The zero-order valence-corrected chi connectivity index (χ0v) is 14.5. The Labute approximate surface area is 151 Å². The Morgan fingerprint density at radius 1 is 1.04 bits per heavy atom. The van der Waals surface area contributed by atoms with Crippen molar-refractivity contribution in [1.29, 1.82) is 0 Å². The summed E-state index contributed by atoms with van der Waals surface area (Å²) in [5, 5.41) is 2.74. The molecule has 0 radical (unpaired) electrons. The van der Waals surface area contributed by atoms with Crippen LogP contribution in [0.1, 0.15) is 30.1 Å². The van der Waals surface area contributed by atoms with Crippen LogP contribution in [0, 0.1) is 0 Å². The molecule has 3 rings (SSSR count). The molecule has 1 aliphatic heterocycles. The van der Waals surface area contributed by atoms with Crippen molar-refractivity contribution < 1.29 is 19.1 Å². The maximum absolute atomic E-state index is 12.5. The number of anilines is 2.